The summed E-state index contributed by atoms with van der Waals surface area (Å²) >= 11 is 0. The molecule has 7 nitrogen and oxygen atoms in total. The van der Waals surface area contributed by atoms with Crippen molar-refractivity contribution < 1.29 is 9.47 Å². The van der Waals surface area contributed by atoms with E-state index in [1.807, 2.05) is 61.8 Å². The summed E-state index contributed by atoms with van der Waals surface area (Å²) in [6.07, 6.45) is 3.73. The predicted octanol–water partition coefficient (Wildman–Crippen LogP) is 3.44. The third-order valence-electron chi connectivity index (χ3n) is 4.78. The Labute approximate surface area is 199 Å². The van der Waals surface area contributed by atoms with Crippen LogP contribution in [0.3, 0.4) is 0 Å². The molecule has 1 atom stereocenters. The van der Waals surface area contributed by atoms with Gasteiger partial charge in [-0.2, -0.15) is 0 Å². The molecule has 2 aromatic carbocycles. The zero-order valence-corrected chi connectivity index (χ0v) is 19.9. The fourth-order valence-corrected chi connectivity index (χ4v) is 3.28. The van der Waals surface area contributed by atoms with Gasteiger partial charge in [0.25, 0.3) is 0 Å². The number of hydrogen-bond donors (Lipinski definition) is 2. The Morgan fingerprint density at radius 3 is 2.68 bits per heavy atom. The molecule has 0 radical (unpaired) electrons. The quantitative estimate of drug-likeness (QED) is 0.277. The van der Waals surface area contributed by atoms with E-state index in [-0.39, 0.29) is 30.1 Å². The maximum atomic E-state index is 6.01. The number of halogens is 1. The molecule has 1 aliphatic rings. The summed E-state index contributed by atoms with van der Waals surface area (Å²) in [6.45, 7) is 5.19. The Hall–Kier alpha value is -2.75. The van der Waals surface area contributed by atoms with E-state index in [0.717, 1.165) is 36.4 Å². The predicted molar refractivity (Wildman–Crippen MR) is 132 cm³/mol. The number of hydrogen-bond acceptors (Lipinski definition) is 4. The van der Waals surface area contributed by atoms with Gasteiger partial charge in [-0.3, -0.25) is 0 Å². The molecule has 1 aliphatic heterocycles. The van der Waals surface area contributed by atoms with Crippen LogP contribution in [-0.2, 0) is 13.1 Å². The monoisotopic (exact) mass is 533 g/mol. The average molecular weight is 533 g/mol. The van der Waals surface area contributed by atoms with E-state index >= 15 is 0 Å². The highest BCUT2D eigenvalue weighted by molar-refractivity contribution is 14.0. The van der Waals surface area contributed by atoms with Gasteiger partial charge in [-0.15, -0.1) is 24.0 Å². The Balaban J connectivity index is 0.00000272. The third-order valence-corrected chi connectivity index (χ3v) is 4.78. The molecule has 0 bridgehead atoms. The number of nitrogens with one attached hydrogen (secondary N) is 2. The highest BCUT2D eigenvalue weighted by Gasteiger charge is 2.20. The van der Waals surface area contributed by atoms with Crippen LogP contribution in [0.1, 0.15) is 18.3 Å². The van der Waals surface area contributed by atoms with Gasteiger partial charge in [-0.25, -0.2) is 9.98 Å². The largest absolute Gasteiger partial charge is 0.486 e. The minimum atomic E-state index is -0.0798. The van der Waals surface area contributed by atoms with E-state index in [1.54, 1.807) is 0 Å². The first kappa shape index (κ1) is 22.9. The minimum absolute atomic E-state index is 0. The Morgan fingerprint density at radius 1 is 1.10 bits per heavy atom. The van der Waals surface area contributed by atoms with Crippen LogP contribution < -0.4 is 20.1 Å². The number of rotatable bonds is 7. The Bertz CT molecular complexity index is 977. The van der Waals surface area contributed by atoms with Crippen LogP contribution >= 0.6 is 24.0 Å². The number of benzene rings is 2. The summed E-state index contributed by atoms with van der Waals surface area (Å²) in [5.41, 5.74) is 1.24. The van der Waals surface area contributed by atoms with Crippen LogP contribution in [0.4, 0.5) is 0 Å². The fraction of sp³-hybridized carbons (Fsp3) is 0.304. The number of imidazole rings is 1. The van der Waals surface area contributed by atoms with Crippen molar-refractivity contribution in [3.05, 3.63) is 78.4 Å². The zero-order valence-electron chi connectivity index (χ0n) is 17.5. The molecule has 0 saturated heterocycles. The van der Waals surface area contributed by atoms with Gasteiger partial charge in [-0.05, 0) is 24.6 Å². The highest BCUT2D eigenvalue weighted by Crippen LogP contribution is 2.30. The van der Waals surface area contributed by atoms with Crippen LogP contribution in [0, 0.1) is 0 Å². The first-order valence-electron chi connectivity index (χ1n) is 10.3. The maximum absolute atomic E-state index is 6.01. The molecule has 1 aromatic heterocycles. The van der Waals surface area contributed by atoms with Gasteiger partial charge >= 0.3 is 0 Å². The molecule has 3 aromatic rings. The Morgan fingerprint density at radius 2 is 1.87 bits per heavy atom. The summed E-state index contributed by atoms with van der Waals surface area (Å²) in [5.74, 6) is 3.22. The first-order chi connectivity index (χ1) is 14.8. The third kappa shape index (κ3) is 6.36. The molecule has 0 spiro atoms. The van der Waals surface area contributed by atoms with E-state index in [0.29, 0.717) is 19.7 Å². The second kappa shape index (κ2) is 11.6. The van der Waals surface area contributed by atoms with E-state index < -0.39 is 0 Å². The maximum Gasteiger partial charge on any atom is 0.191 e. The summed E-state index contributed by atoms with van der Waals surface area (Å²) in [6, 6.07) is 18.1. The number of guanidine groups is 1. The van der Waals surface area contributed by atoms with Gasteiger partial charge in [0, 0.05) is 25.5 Å². The molecule has 2 heterocycles. The lowest BCUT2D eigenvalue weighted by Crippen LogP contribution is -2.45. The molecule has 31 heavy (non-hydrogen) atoms. The molecular formula is C23H28IN5O2. The molecule has 164 valence electrons. The molecule has 4 rings (SSSR count). The summed E-state index contributed by atoms with van der Waals surface area (Å²) in [5, 5.41) is 6.63. The normalized spacial score (nSPS) is 15.1. The molecule has 2 N–H and O–H groups in total. The van der Waals surface area contributed by atoms with Crippen molar-refractivity contribution in [3.8, 4) is 11.5 Å². The van der Waals surface area contributed by atoms with Crippen LogP contribution in [0.25, 0.3) is 0 Å². The molecule has 0 amide bonds. The standard InChI is InChI=1S/C23H27N5O2.HI/c1-2-24-23(26-14-19-17-29-20-10-6-7-11-21(20)30-19)27-15-22-25-12-13-28(22)16-18-8-4-3-5-9-18;/h3-13,19H,2,14-17H2,1H3,(H2,24,26,27);1H. The number of nitrogens with zero attached hydrogens (tertiary/aromatic N) is 3. The average Bonchev–Trinajstić information content (AvgIpc) is 3.23. The molecule has 0 aliphatic carbocycles. The lowest BCUT2D eigenvalue weighted by atomic mass is 10.2. The van der Waals surface area contributed by atoms with Gasteiger partial charge in [0.15, 0.2) is 17.5 Å². The van der Waals surface area contributed by atoms with Gasteiger partial charge in [0.1, 0.15) is 25.1 Å². The van der Waals surface area contributed by atoms with Crippen LogP contribution in [0.2, 0.25) is 0 Å². The van der Waals surface area contributed by atoms with Crippen molar-refractivity contribution in [1.29, 1.82) is 0 Å². The van der Waals surface area contributed by atoms with Gasteiger partial charge in [0.2, 0.25) is 0 Å². The lowest BCUT2D eigenvalue weighted by Gasteiger charge is -2.27. The fourth-order valence-electron chi connectivity index (χ4n) is 3.28. The Kier molecular flexibility index (Phi) is 8.57. The lowest BCUT2D eigenvalue weighted by molar-refractivity contribution is 0.0936. The summed E-state index contributed by atoms with van der Waals surface area (Å²) in [7, 11) is 0. The second-order valence-electron chi connectivity index (χ2n) is 7.03. The minimum Gasteiger partial charge on any atom is -0.486 e. The number of ether oxygens (including phenoxy) is 2. The topological polar surface area (TPSA) is 72.7 Å². The molecule has 1 unspecified atom stereocenters. The van der Waals surface area contributed by atoms with E-state index in [4.69, 9.17) is 14.5 Å². The van der Waals surface area contributed by atoms with Crippen molar-refractivity contribution in [2.75, 3.05) is 19.7 Å². The van der Waals surface area contributed by atoms with Gasteiger partial charge < -0.3 is 24.7 Å². The van der Waals surface area contributed by atoms with E-state index in [1.165, 1.54) is 5.56 Å². The van der Waals surface area contributed by atoms with Crippen molar-refractivity contribution >= 4 is 29.9 Å². The van der Waals surface area contributed by atoms with Crippen molar-refractivity contribution in [2.24, 2.45) is 4.99 Å². The van der Waals surface area contributed by atoms with E-state index in [9.17, 15) is 0 Å². The molecule has 0 saturated carbocycles. The van der Waals surface area contributed by atoms with Crippen molar-refractivity contribution in [2.45, 2.75) is 26.1 Å². The van der Waals surface area contributed by atoms with Crippen molar-refractivity contribution in [1.82, 2.24) is 20.2 Å². The smallest absolute Gasteiger partial charge is 0.191 e. The molecular weight excluding hydrogens is 505 g/mol. The first-order valence-corrected chi connectivity index (χ1v) is 10.3. The van der Waals surface area contributed by atoms with Crippen molar-refractivity contribution in [3.63, 3.8) is 0 Å². The molecule has 0 fully saturated rings. The number of para-hydroxylation sites is 2. The number of aromatic nitrogens is 2. The molecule has 8 heteroatoms. The van der Waals surface area contributed by atoms with Crippen LogP contribution in [0.15, 0.2) is 72.0 Å². The zero-order chi connectivity index (χ0) is 20.6. The number of fused-ring (bicyclic) bond motifs is 1. The van der Waals surface area contributed by atoms with Crippen LogP contribution in [0.5, 0.6) is 11.5 Å². The van der Waals surface area contributed by atoms with Gasteiger partial charge in [-0.1, -0.05) is 42.5 Å². The summed E-state index contributed by atoms with van der Waals surface area (Å²) in [4.78, 5) is 9.18. The second-order valence-corrected chi connectivity index (χ2v) is 7.03. The highest BCUT2D eigenvalue weighted by atomic mass is 127. The van der Waals surface area contributed by atoms with E-state index in [2.05, 4.69) is 32.3 Å². The summed E-state index contributed by atoms with van der Waals surface area (Å²) < 4.78 is 13.9. The number of aliphatic imine (C=N–C) groups is 1. The van der Waals surface area contributed by atoms with Crippen LogP contribution in [-0.4, -0.2) is 41.3 Å². The SMILES string of the molecule is CCNC(=NCc1nccn1Cc1ccccc1)NCC1COc2ccccc2O1.I. The van der Waals surface area contributed by atoms with Gasteiger partial charge in [0.05, 0.1) is 6.54 Å².